The Balaban J connectivity index is 1.77. The van der Waals surface area contributed by atoms with Crippen LogP contribution in [0.3, 0.4) is 0 Å². The van der Waals surface area contributed by atoms with Gasteiger partial charge in [0.2, 0.25) is 0 Å². The zero-order valence-electron chi connectivity index (χ0n) is 17.8. The first kappa shape index (κ1) is 22.8. The van der Waals surface area contributed by atoms with E-state index in [1.165, 1.54) is 11.8 Å². The second-order valence-corrected chi connectivity index (χ2v) is 8.22. The fourth-order valence-corrected chi connectivity index (χ4v) is 4.53. The first-order valence-corrected chi connectivity index (χ1v) is 11.6. The van der Waals surface area contributed by atoms with E-state index in [4.69, 9.17) is 14.2 Å². The summed E-state index contributed by atoms with van der Waals surface area (Å²) >= 11 is 1.40. The number of β-amino-alcohol motifs (C(OH)–C–C–N with tert-alkyl or cyclic N) is 1. The van der Waals surface area contributed by atoms with Crippen LogP contribution in [0.25, 0.3) is 5.70 Å². The molecule has 1 aromatic rings. The number of fused-ring (bicyclic) bond motifs is 1. The molecule has 1 saturated heterocycles. The second kappa shape index (κ2) is 11.5. The summed E-state index contributed by atoms with van der Waals surface area (Å²) in [5.41, 5.74) is 2.92. The number of nitrogens with one attached hydrogen (secondary N) is 1. The van der Waals surface area contributed by atoms with E-state index >= 15 is 0 Å². The first-order chi connectivity index (χ1) is 14.7. The SMILES string of the molecule is CCOc1cc2c(cc1OCC)/C(=C(\C#N)SC[C@H](O)CN1CCOCC1)NCC2. The lowest BCUT2D eigenvalue weighted by molar-refractivity contribution is 0.0188. The van der Waals surface area contributed by atoms with Gasteiger partial charge in [-0.1, -0.05) is 0 Å². The molecule has 1 fully saturated rings. The lowest BCUT2D eigenvalue weighted by atomic mass is 9.97. The third-order valence-corrected chi connectivity index (χ3v) is 6.19. The molecule has 8 heteroatoms. The Kier molecular flexibility index (Phi) is 8.70. The van der Waals surface area contributed by atoms with Crippen LogP contribution in [0.2, 0.25) is 0 Å². The molecule has 0 saturated carbocycles. The Labute approximate surface area is 183 Å². The van der Waals surface area contributed by atoms with Crippen LogP contribution in [0, 0.1) is 11.3 Å². The highest BCUT2D eigenvalue weighted by atomic mass is 32.2. The third-order valence-electron chi connectivity index (χ3n) is 5.06. The molecule has 0 unspecified atom stereocenters. The second-order valence-electron chi connectivity index (χ2n) is 7.19. The van der Waals surface area contributed by atoms with Gasteiger partial charge >= 0.3 is 0 Å². The van der Waals surface area contributed by atoms with E-state index in [1.54, 1.807) is 0 Å². The Morgan fingerprint density at radius 3 is 2.63 bits per heavy atom. The van der Waals surface area contributed by atoms with Crippen molar-refractivity contribution in [1.82, 2.24) is 10.2 Å². The van der Waals surface area contributed by atoms with E-state index in [0.717, 1.165) is 48.6 Å². The van der Waals surface area contributed by atoms with Crippen LogP contribution in [-0.4, -0.2) is 74.5 Å². The van der Waals surface area contributed by atoms with Gasteiger partial charge in [-0.3, -0.25) is 4.90 Å². The molecule has 164 valence electrons. The number of allylic oxidation sites excluding steroid dienone is 1. The first-order valence-electron chi connectivity index (χ1n) is 10.6. The smallest absolute Gasteiger partial charge is 0.161 e. The van der Waals surface area contributed by atoms with Gasteiger partial charge in [-0.05, 0) is 38.0 Å². The maximum absolute atomic E-state index is 10.5. The van der Waals surface area contributed by atoms with E-state index in [1.807, 2.05) is 26.0 Å². The zero-order chi connectivity index (χ0) is 21.3. The summed E-state index contributed by atoms with van der Waals surface area (Å²) in [6.07, 6.45) is 0.355. The molecule has 3 rings (SSSR count). The fraction of sp³-hybridized carbons (Fsp3) is 0.591. The normalized spacial score (nSPS) is 19.3. The molecule has 0 spiro atoms. The molecule has 2 N–H and O–H groups in total. The van der Waals surface area contributed by atoms with Gasteiger partial charge in [0.05, 0.1) is 38.2 Å². The minimum absolute atomic E-state index is 0.468. The molecule has 2 heterocycles. The molecule has 0 amide bonds. The Morgan fingerprint density at radius 1 is 1.27 bits per heavy atom. The van der Waals surface area contributed by atoms with Crippen molar-refractivity contribution in [3.8, 4) is 17.6 Å². The minimum Gasteiger partial charge on any atom is -0.490 e. The molecule has 2 aliphatic rings. The van der Waals surface area contributed by atoms with E-state index < -0.39 is 6.10 Å². The highest BCUT2D eigenvalue weighted by Gasteiger charge is 2.23. The molecule has 2 aliphatic heterocycles. The molecular formula is C22H31N3O4S. The Morgan fingerprint density at radius 2 is 1.97 bits per heavy atom. The van der Waals surface area contributed by atoms with Crippen LogP contribution in [0.5, 0.6) is 11.5 Å². The number of hydrogen-bond donors (Lipinski definition) is 2. The molecule has 1 atom stereocenters. The highest BCUT2D eigenvalue weighted by Crippen LogP contribution is 2.37. The molecule has 0 aromatic heterocycles. The minimum atomic E-state index is -0.501. The number of ether oxygens (including phenoxy) is 3. The maximum atomic E-state index is 10.5. The largest absolute Gasteiger partial charge is 0.490 e. The molecule has 7 nitrogen and oxygen atoms in total. The average Bonchev–Trinajstić information content (AvgIpc) is 2.76. The molecule has 0 aliphatic carbocycles. The van der Waals surface area contributed by atoms with Crippen LogP contribution < -0.4 is 14.8 Å². The number of benzene rings is 1. The average molecular weight is 434 g/mol. The molecule has 0 radical (unpaired) electrons. The van der Waals surface area contributed by atoms with Crippen LogP contribution >= 0.6 is 11.8 Å². The summed E-state index contributed by atoms with van der Waals surface area (Å²) in [6, 6.07) is 6.32. The third kappa shape index (κ3) is 5.82. The van der Waals surface area contributed by atoms with Crippen molar-refractivity contribution in [3.63, 3.8) is 0 Å². The Hall–Kier alpha value is -1.92. The van der Waals surface area contributed by atoms with Gasteiger partial charge in [-0.15, -0.1) is 11.8 Å². The van der Waals surface area contributed by atoms with Crippen molar-refractivity contribution in [3.05, 3.63) is 28.2 Å². The number of rotatable bonds is 9. The number of nitriles is 1. The zero-order valence-corrected chi connectivity index (χ0v) is 18.6. The number of hydrogen-bond acceptors (Lipinski definition) is 8. The van der Waals surface area contributed by atoms with Crippen LogP contribution in [0.1, 0.15) is 25.0 Å². The molecule has 30 heavy (non-hydrogen) atoms. The van der Waals surface area contributed by atoms with Crippen LogP contribution in [-0.2, 0) is 11.2 Å². The van der Waals surface area contributed by atoms with Gasteiger partial charge in [0.25, 0.3) is 0 Å². The molecular weight excluding hydrogens is 402 g/mol. The standard InChI is InChI=1S/C22H31N3O4S/c1-3-28-19-11-16-5-6-24-22(18(16)12-20(19)29-4-2)21(13-23)30-15-17(26)14-25-7-9-27-10-8-25/h11-12,17,24,26H,3-10,14-15H2,1-2H3/b22-21-/t17-/m1/s1. The Bertz CT molecular complexity index is 787. The molecule has 1 aromatic carbocycles. The van der Waals surface area contributed by atoms with Gasteiger partial charge in [0.1, 0.15) is 11.0 Å². The van der Waals surface area contributed by atoms with Crippen molar-refractivity contribution in [2.24, 2.45) is 0 Å². The van der Waals surface area contributed by atoms with Gasteiger partial charge < -0.3 is 24.6 Å². The predicted molar refractivity (Wildman–Crippen MR) is 119 cm³/mol. The van der Waals surface area contributed by atoms with E-state index in [2.05, 4.69) is 16.3 Å². The van der Waals surface area contributed by atoms with Crippen molar-refractivity contribution in [2.45, 2.75) is 26.4 Å². The van der Waals surface area contributed by atoms with Crippen molar-refractivity contribution >= 4 is 17.5 Å². The van der Waals surface area contributed by atoms with Crippen molar-refractivity contribution in [1.29, 1.82) is 5.26 Å². The lowest BCUT2D eigenvalue weighted by Crippen LogP contribution is -2.41. The fourth-order valence-electron chi connectivity index (χ4n) is 3.67. The summed E-state index contributed by atoms with van der Waals surface area (Å²) in [7, 11) is 0. The number of nitrogens with zero attached hydrogens (tertiary/aromatic N) is 2. The highest BCUT2D eigenvalue weighted by molar-refractivity contribution is 8.03. The van der Waals surface area contributed by atoms with Crippen molar-refractivity contribution in [2.75, 3.05) is 58.4 Å². The van der Waals surface area contributed by atoms with Crippen LogP contribution in [0.4, 0.5) is 0 Å². The summed E-state index contributed by atoms with van der Waals surface area (Å²) in [5, 5.41) is 23.7. The van der Waals surface area contributed by atoms with E-state index in [-0.39, 0.29) is 0 Å². The monoisotopic (exact) mass is 433 g/mol. The topological polar surface area (TPSA) is 87.0 Å². The number of aliphatic hydroxyl groups excluding tert-OH is 1. The van der Waals surface area contributed by atoms with Gasteiger partial charge in [-0.2, -0.15) is 5.26 Å². The summed E-state index contributed by atoms with van der Waals surface area (Å²) in [6.45, 7) is 9.45. The van der Waals surface area contributed by atoms with Gasteiger partial charge in [0, 0.05) is 37.5 Å². The number of thioether (sulfide) groups is 1. The van der Waals surface area contributed by atoms with Crippen LogP contribution in [0.15, 0.2) is 17.0 Å². The number of aliphatic hydroxyl groups is 1. The molecule has 0 bridgehead atoms. The maximum Gasteiger partial charge on any atom is 0.161 e. The number of morpholine rings is 1. The summed E-state index contributed by atoms with van der Waals surface area (Å²) in [5.74, 6) is 1.90. The quantitative estimate of drug-likeness (QED) is 0.574. The van der Waals surface area contributed by atoms with E-state index in [0.29, 0.717) is 49.4 Å². The predicted octanol–water partition coefficient (Wildman–Crippen LogP) is 2.25. The summed E-state index contributed by atoms with van der Waals surface area (Å²) < 4.78 is 16.9. The van der Waals surface area contributed by atoms with Gasteiger partial charge in [-0.25, -0.2) is 0 Å². The van der Waals surface area contributed by atoms with Gasteiger partial charge in [0.15, 0.2) is 11.5 Å². The summed E-state index contributed by atoms with van der Waals surface area (Å²) in [4.78, 5) is 2.79. The van der Waals surface area contributed by atoms with E-state index in [9.17, 15) is 10.4 Å². The lowest BCUT2D eigenvalue weighted by Gasteiger charge is -2.28. The van der Waals surface area contributed by atoms with Crippen molar-refractivity contribution < 1.29 is 19.3 Å².